The number of imidazole rings is 1. The summed E-state index contributed by atoms with van der Waals surface area (Å²) < 4.78 is 27.9. The van der Waals surface area contributed by atoms with Crippen molar-refractivity contribution in [3.8, 4) is 0 Å². The Labute approximate surface area is 102 Å². The normalized spacial score (nSPS) is 18.5. The molecule has 1 saturated heterocycles. The van der Waals surface area contributed by atoms with Crippen LogP contribution in [0.4, 0.5) is 0 Å². The van der Waals surface area contributed by atoms with Gasteiger partial charge in [0.2, 0.25) is 0 Å². The van der Waals surface area contributed by atoms with Crippen molar-refractivity contribution in [3.05, 3.63) is 12.0 Å². The summed E-state index contributed by atoms with van der Waals surface area (Å²) in [5.74, 6) is 0.737. The van der Waals surface area contributed by atoms with Gasteiger partial charge in [-0.05, 0) is 13.8 Å². The van der Waals surface area contributed by atoms with Gasteiger partial charge in [-0.1, -0.05) is 0 Å². The van der Waals surface area contributed by atoms with Crippen LogP contribution in [0.5, 0.6) is 0 Å². The van der Waals surface area contributed by atoms with Crippen LogP contribution in [0, 0.1) is 6.92 Å². The fourth-order valence-corrected chi connectivity index (χ4v) is 3.38. The quantitative estimate of drug-likeness (QED) is 0.815. The molecule has 2 heterocycles. The molecule has 1 N–H and O–H groups in total. The minimum absolute atomic E-state index is 0.166. The van der Waals surface area contributed by atoms with E-state index in [-0.39, 0.29) is 5.03 Å². The highest BCUT2D eigenvalue weighted by Crippen LogP contribution is 2.15. The maximum absolute atomic E-state index is 12.3. The lowest BCUT2D eigenvalue weighted by molar-refractivity contribution is 0.359. The Morgan fingerprint density at radius 3 is 2.59 bits per heavy atom. The molecule has 0 aliphatic carbocycles. The number of hydrogen-bond acceptors (Lipinski definition) is 4. The van der Waals surface area contributed by atoms with E-state index in [2.05, 4.69) is 10.3 Å². The van der Waals surface area contributed by atoms with Crippen molar-refractivity contribution in [1.82, 2.24) is 19.2 Å². The second-order valence-corrected chi connectivity index (χ2v) is 5.95. The van der Waals surface area contributed by atoms with E-state index >= 15 is 0 Å². The molecule has 0 bridgehead atoms. The number of aryl methyl sites for hydroxylation is 2. The monoisotopic (exact) mass is 258 g/mol. The van der Waals surface area contributed by atoms with Crippen molar-refractivity contribution >= 4 is 10.0 Å². The summed E-state index contributed by atoms with van der Waals surface area (Å²) in [5, 5.41) is 3.30. The van der Waals surface area contributed by atoms with Crippen LogP contribution in [-0.2, 0) is 16.6 Å². The van der Waals surface area contributed by atoms with Gasteiger partial charge in [-0.3, -0.25) is 0 Å². The fourth-order valence-electron chi connectivity index (χ4n) is 1.94. The van der Waals surface area contributed by atoms with Crippen LogP contribution in [0.3, 0.4) is 0 Å². The van der Waals surface area contributed by atoms with Crippen LogP contribution in [0.15, 0.2) is 11.2 Å². The molecule has 0 saturated carbocycles. The molecule has 0 radical (unpaired) electrons. The summed E-state index contributed by atoms with van der Waals surface area (Å²) in [7, 11) is -3.41. The van der Waals surface area contributed by atoms with Gasteiger partial charge >= 0.3 is 0 Å². The minimum atomic E-state index is -3.41. The maximum atomic E-state index is 12.3. The van der Waals surface area contributed by atoms with Gasteiger partial charge in [-0.2, -0.15) is 4.31 Å². The summed E-state index contributed by atoms with van der Waals surface area (Å²) in [4.78, 5) is 4.14. The van der Waals surface area contributed by atoms with E-state index in [1.54, 1.807) is 6.20 Å². The Balaban J connectivity index is 2.30. The highest BCUT2D eigenvalue weighted by atomic mass is 32.2. The Kier molecular flexibility index (Phi) is 3.50. The molecule has 1 aliphatic heterocycles. The second-order valence-electron chi connectivity index (χ2n) is 4.07. The largest absolute Gasteiger partial charge is 0.334 e. The summed E-state index contributed by atoms with van der Waals surface area (Å²) in [6.07, 6.45) is 1.62. The highest BCUT2D eigenvalue weighted by molar-refractivity contribution is 7.89. The van der Waals surface area contributed by atoms with Gasteiger partial charge in [-0.25, -0.2) is 13.4 Å². The molecule has 1 aromatic rings. The maximum Gasteiger partial charge on any atom is 0.262 e. The molecule has 1 aliphatic rings. The van der Waals surface area contributed by atoms with Gasteiger partial charge in [0.1, 0.15) is 5.82 Å². The van der Waals surface area contributed by atoms with Crippen molar-refractivity contribution < 1.29 is 8.42 Å². The van der Waals surface area contributed by atoms with Crippen molar-refractivity contribution in [2.45, 2.75) is 25.4 Å². The Hall–Kier alpha value is -0.920. The molecule has 0 spiro atoms. The first-order valence-corrected chi connectivity index (χ1v) is 7.24. The molecule has 7 heteroatoms. The molecular weight excluding hydrogens is 240 g/mol. The van der Waals surface area contributed by atoms with Crippen molar-refractivity contribution in [3.63, 3.8) is 0 Å². The molecule has 6 nitrogen and oxygen atoms in total. The van der Waals surface area contributed by atoms with Crippen LogP contribution in [0.1, 0.15) is 12.7 Å². The van der Waals surface area contributed by atoms with Gasteiger partial charge in [0.15, 0.2) is 5.03 Å². The first-order valence-electron chi connectivity index (χ1n) is 5.80. The van der Waals surface area contributed by atoms with E-state index in [0.29, 0.717) is 26.2 Å². The number of piperazine rings is 1. The molecule has 0 aromatic carbocycles. The van der Waals surface area contributed by atoms with Crippen LogP contribution in [-0.4, -0.2) is 48.5 Å². The minimum Gasteiger partial charge on any atom is -0.334 e. The van der Waals surface area contributed by atoms with Gasteiger partial charge < -0.3 is 9.88 Å². The number of rotatable bonds is 3. The predicted octanol–water partition coefficient (Wildman–Crippen LogP) is -0.195. The molecule has 1 fully saturated rings. The fraction of sp³-hybridized carbons (Fsp3) is 0.700. The smallest absolute Gasteiger partial charge is 0.262 e. The standard InChI is InChI=1S/C10H18N4O2S/c1-3-13-8-10(12-9(13)2)17(15,16)14-6-4-11-5-7-14/h8,11H,3-7H2,1-2H3. The lowest BCUT2D eigenvalue weighted by atomic mass is 10.4. The third kappa shape index (κ3) is 2.36. The first-order chi connectivity index (χ1) is 8.05. The summed E-state index contributed by atoms with van der Waals surface area (Å²) >= 11 is 0. The highest BCUT2D eigenvalue weighted by Gasteiger charge is 2.28. The van der Waals surface area contributed by atoms with Crippen LogP contribution in [0.25, 0.3) is 0 Å². The van der Waals surface area contributed by atoms with E-state index in [4.69, 9.17) is 0 Å². The van der Waals surface area contributed by atoms with Crippen LogP contribution in [0.2, 0.25) is 0 Å². The molecular formula is C10H18N4O2S. The third-order valence-corrected chi connectivity index (χ3v) is 4.75. The predicted molar refractivity (Wildman–Crippen MR) is 64.3 cm³/mol. The van der Waals surface area contributed by atoms with E-state index < -0.39 is 10.0 Å². The summed E-state index contributed by atoms with van der Waals surface area (Å²) in [6, 6.07) is 0. The van der Waals surface area contributed by atoms with E-state index in [0.717, 1.165) is 12.4 Å². The topological polar surface area (TPSA) is 67.2 Å². The molecule has 0 unspecified atom stereocenters. The number of aromatic nitrogens is 2. The zero-order valence-electron chi connectivity index (χ0n) is 10.2. The Bertz CT molecular complexity index is 488. The number of sulfonamides is 1. The van der Waals surface area contributed by atoms with Crippen molar-refractivity contribution in [2.24, 2.45) is 0 Å². The van der Waals surface area contributed by atoms with E-state index in [1.165, 1.54) is 4.31 Å². The van der Waals surface area contributed by atoms with Crippen LogP contribution >= 0.6 is 0 Å². The van der Waals surface area contributed by atoms with E-state index in [9.17, 15) is 8.42 Å². The number of nitrogens with one attached hydrogen (secondary N) is 1. The molecule has 0 atom stereocenters. The average molecular weight is 258 g/mol. The van der Waals surface area contributed by atoms with Gasteiger partial charge in [-0.15, -0.1) is 0 Å². The van der Waals surface area contributed by atoms with Crippen molar-refractivity contribution in [2.75, 3.05) is 26.2 Å². The lowest BCUT2D eigenvalue weighted by Crippen LogP contribution is -2.46. The molecule has 1 aromatic heterocycles. The molecule has 17 heavy (non-hydrogen) atoms. The Morgan fingerprint density at radius 2 is 2.06 bits per heavy atom. The summed E-state index contributed by atoms with van der Waals surface area (Å²) in [5.41, 5.74) is 0. The van der Waals surface area contributed by atoms with Gasteiger partial charge in [0, 0.05) is 38.9 Å². The molecule has 0 amide bonds. The zero-order chi connectivity index (χ0) is 12.5. The Morgan fingerprint density at radius 1 is 1.41 bits per heavy atom. The van der Waals surface area contributed by atoms with Crippen molar-refractivity contribution in [1.29, 1.82) is 0 Å². The lowest BCUT2D eigenvalue weighted by Gasteiger charge is -2.25. The van der Waals surface area contributed by atoms with Gasteiger partial charge in [0.25, 0.3) is 10.0 Å². The number of nitrogens with zero attached hydrogens (tertiary/aromatic N) is 3. The van der Waals surface area contributed by atoms with E-state index in [1.807, 2.05) is 18.4 Å². The number of hydrogen-bond donors (Lipinski definition) is 1. The summed E-state index contributed by atoms with van der Waals surface area (Å²) in [6.45, 7) is 6.95. The zero-order valence-corrected chi connectivity index (χ0v) is 11.0. The molecule has 96 valence electrons. The molecule has 2 rings (SSSR count). The first kappa shape index (κ1) is 12.5. The third-order valence-electron chi connectivity index (χ3n) is 2.97. The second kappa shape index (κ2) is 4.75. The SMILES string of the molecule is CCn1cc(S(=O)(=O)N2CCNCC2)nc1C. The van der Waals surface area contributed by atoms with Crippen LogP contribution < -0.4 is 5.32 Å². The average Bonchev–Trinajstić information content (AvgIpc) is 2.72. The van der Waals surface area contributed by atoms with Gasteiger partial charge in [0.05, 0.1) is 0 Å².